The molecule has 2 aromatic heterocycles. The van der Waals surface area contributed by atoms with Gasteiger partial charge >= 0.3 is 0 Å². The Morgan fingerprint density at radius 2 is 1.96 bits per heavy atom. The second-order valence-corrected chi connectivity index (χ2v) is 6.47. The summed E-state index contributed by atoms with van der Waals surface area (Å²) in [5, 5.41) is 1.31. The molecule has 0 radical (unpaired) electrons. The molecule has 4 aromatic rings. The summed E-state index contributed by atoms with van der Waals surface area (Å²) in [6.07, 6.45) is 1.72. The summed E-state index contributed by atoms with van der Waals surface area (Å²) in [5.41, 5.74) is 1.66. The van der Waals surface area contributed by atoms with E-state index in [0.29, 0.717) is 21.9 Å². The van der Waals surface area contributed by atoms with Crippen molar-refractivity contribution in [3.63, 3.8) is 0 Å². The van der Waals surface area contributed by atoms with E-state index in [2.05, 4.69) is 16.5 Å². The van der Waals surface area contributed by atoms with Gasteiger partial charge < -0.3 is 4.98 Å². The Bertz CT molecular complexity index is 1160. The zero-order valence-electron chi connectivity index (χ0n) is 13.2. The molecule has 124 valence electrons. The zero-order chi connectivity index (χ0) is 17.4. The first-order valence-corrected chi connectivity index (χ1v) is 8.71. The number of nitrogens with one attached hydrogen (secondary N) is 1. The van der Waals surface area contributed by atoms with Crippen molar-refractivity contribution in [1.82, 2.24) is 14.5 Å². The molecule has 0 atom stereocenters. The lowest BCUT2D eigenvalue weighted by molar-refractivity contribution is 0.608. The Morgan fingerprint density at radius 3 is 2.76 bits per heavy atom. The number of hydrogen-bond donors (Lipinski definition) is 1. The van der Waals surface area contributed by atoms with Gasteiger partial charge in [-0.2, -0.15) is 0 Å². The lowest BCUT2D eigenvalue weighted by Gasteiger charge is -2.12. The maximum Gasteiger partial charge on any atom is 0.283 e. The number of rotatable bonds is 4. The molecule has 0 unspecified atom stereocenters. The van der Waals surface area contributed by atoms with Gasteiger partial charge in [0.05, 0.1) is 5.69 Å². The SMILES string of the molecule is C=CCSc1nc2c([nH]c3ccccc32)c(=O)n1-c1ccccc1F. The minimum Gasteiger partial charge on any atom is -0.349 e. The summed E-state index contributed by atoms with van der Waals surface area (Å²) in [4.78, 5) is 20.9. The predicted octanol–water partition coefficient (Wildman–Crippen LogP) is 4.28. The van der Waals surface area contributed by atoms with Gasteiger partial charge in [0.15, 0.2) is 5.16 Å². The highest BCUT2D eigenvalue weighted by Gasteiger charge is 2.18. The van der Waals surface area contributed by atoms with E-state index in [1.807, 2.05) is 24.3 Å². The molecule has 0 saturated carbocycles. The van der Waals surface area contributed by atoms with Gasteiger partial charge in [-0.3, -0.25) is 9.36 Å². The van der Waals surface area contributed by atoms with Crippen molar-refractivity contribution in [2.45, 2.75) is 5.16 Å². The van der Waals surface area contributed by atoms with Crippen molar-refractivity contribution in [2.24, 2.45) is 0 Å². The molecular formula is C19H14FN3OS. The molecule has 25 heavy (non-hydrogen) atoms. The van der Waals surface area contributed by atoms with E-state index in [4.69, 9.17) is 0 Å². The third-order valence-corrected chi connectivity index (χ3v) is 4.85. The number of halogens is 1. The molecule has 0 aliphatic rings. The molecule has 0 fully saturated rings. The lowest BCUT2D eigenvalue weighted by atomic mass is 10.2. The second-order valence-electron chi connectivity index (χ2n) is 5.48. The molecule has 2 aromatic carbocycles. The predicted molar refractivity (Wildman–Crippen MR) is 100 cm³/mol. The number of H-pyrrole nitrogens is 1. The monoisotopic (exact) mass is 351 g/mol. The smallest absolute Gasteiger partial charge is 0.283 e. The number of fused-ring (bicyclic) bond motifs is 3. The van der Waals surface area contributed by atoms with Gasteiger partial charge in [-0.25, -0.2) is 9.37 Å². The van der Waals surface area contributed by atoms with Crippen LogP contribution >= 0.6 is 11.8 Å². The van der Waals surface area contributed by atoms with Crippen LogP contribution in [0.1, 0.15) is 0 Å². The van der Waals surface area contributed by atoms with E-state index in [1.54, 1.807) is 24.3 Å². The van der Waals surface area contributed by atoms with Crippen LogP contribution in [0.5, 0.6) is 0 Å². The van der Waals surface area contributed by atoms with E-state index in [-0.39, 0.29) is 11.2 Å². The Labute approximate surface area is 147 Å². The van der Waals surface area contributed by atoms with Crippen molar-refractivity contribution in [3.05, 3.63) is 77.4 Å². The molecule has 0 saturated heterocycles. The molecule has 0 amide bonds. The summed E-state index contributed by atoms with van der Waals surface area (Å²) in [5.74, 6) is 0.0942. The van der Waals surface area contributed by atoms with E-state index in [1.165, 1.54) is 22.4 Å². The topological polar surface area (TPSA) is 50.7 Å². The molecular weight excluding hydrogens is 337 g/mol. The fraction of sp³-hybridized carbons (Fsp3) is 0.0526. The first-order chi connectivity index (χ1) is 12.2. The average Bonchev–Trinajstić information content (AvgIpc) is 3.00. The van der Waals surface area contributed by atoms with Gasteiger partial charge in [-0.05, 0) is 18.2 Å². The molecule has 4 rings (SSSR count). The minimum absolute atomic E-state index is 0.187. The fourth-order valence-corrected chi connectivity index (χ4v) is 3.55. The number of benzene rings is 2. The maximum atomic E-state index is 14.3. The Hall–Kier alpha value is -2.86. The maximum absolute atomic E-state index is 14.3. The summed E-state index contributed by atoms with van der Waals surface area (Å²) < 4.78 is 15.7. The van der Waals surface area contributed by atoms with Crippen molar-refractivity contribution in [2.75, 3.05) is 5.75 Å². The quantitative estimate of drug-likeness (QED) is 0.339. The molecule has 0 bridgehead atoms. The van der Waals surface area contributed by atoms with Crippen LogP contribution in [0.4, 0.5) is 4.39 Å². The molecule has 1 N–H and O–H groups in total. The van der Waals surface area contributed by atoms with Gasteiger partial charge in [0.1, 0.15) is 16.9 Å². The average molecular weight is 351 g/mol. The summed E-state index contributed by atoms with van der Waals surface area (Å²) >= 11 is 1.34. The van der Waals surface area contributed by atoms with Crippen molar-refractivity contribution in [3.8, 4) is 5.69 Å². The van der Waals surface area contributed by atoms with Crippen molar-refractivity contribution < 1.29 is 4.39 Å². The Morgan fingerprint density at radius 1 is 1.20 bits per heavy atom. The second kappa shape index (κ2) is 6.22. The van der Waals surface area contributed by atoms with E-state index in [0.717, 1.165) is 10.9 Å². The van der Waals surface area contributed by atoms with Crippen molar-refractivity contribution in [1.29, 1.82) is 0 Å². The van der Waals surface area contributed by atoms with Gasteiger partial charge in [0.2, 0.25) is 0 Å². The van der Waals surface area contributed by atoms with Crippen LogP contribution in [0, 0.1) is 5.82 Å². The van der Waals surface area contributed by atoms with Crippen LogP contribution in [0.25, 0.3) is 27.6 Å². The fourth-order valence-electron chi connectivity index (χ4n) is 2.82. The van der Waals surface area contributed by atoms with Crippen LogP contribution in [-0.2, 0) is 0 Å². The number of para-hydroxylation sites is 2. The molecule has 2 heterocycles. The number of aromatic amines is 1. The van der Waals surface area contributed by atoms with Gasteiger partial charge in [0, 0.05) is 16.7 Å². The van der Waals surface area contributed by atoms with Gasteiger partial charge in [0.25, 0.3) is 5.56 Å². The first-order valence-electron chi connectivity index (χ1n) is 7.73. The van der Waals surface area contributed by atoms with Crippen LogP contribution in [-0.4, -0.2) is 20.3 Å². The van der Waals surface area contributed by atoms with E-state index in [9.17, 15) is 9.18 Å². The Kier molecular flexibility index (Phi) is 3.89. The minimum atomic E-state index is -0.470. The first kappa shape index (κ1) is 15.7. The third kappa shape index (κ3) is 2.55. The number of nitrogens with zero attached hydrogens (tertiary/aromatic N) is 2. The van der Waals surface area contributed by atoms with E-state index >= 15 is 0 Å². The molecule has 0 aliphatic carbocycles. The normalized spacial score (nSPS) is 11.2. The van der Waals surface area contributed by atoms with Crippen LogP contribution < -0.4 is 5.56 Å². The van der Waals surface area contributed by atoms with Crippen LogP contribution in [0.3, 0.4) is 0 Å². The number of aromatic nitrogens is 3. The summed E-state index contributed by atoms with van der Waals surface area (Å²) in [7, 11) is 0. The Balaban J connectivity index is 2.11. The lowest BCUT2D eigenvalue weighted by Crippen LogP contribution is -2.22. The number of hydrogen-bond acceptors (Lipinski definition) is 3. The van der Waals surface area contributed by atoms with Crippen LogP contribution in [0.2, 0.25) is 0 Å². The largest absolute Gasteiger partial charge is 0.349 e. The zero-order valence-corrected chi connectivity index (χ0v) is 14.0. The van der Waals surface area contributed by atoms with Gasteiger partial charge in [-0.15, -0.1) is 6.58 Å². The number of thioether (sulfide) groups is 1. The highest BCUT2D eigenvalue weighted by Crippen LogP contribution is 2.26. The molecule has 0 aliphatic heterocycles. The summed E-state index contributed by atoms with van der Waals surface area (Å²) in [6, 6.07) is 13.8. The van der Waals surface area contributed by atoms with Crippen molar-refractivity contribution >= 4 is 33.7 Å². The highest BCUT2D eigenvalue weighted by atomic mass is 32.2. The van der Waals surface area contributed by atoms with Gasteiger partial charge in [-0.1, -0.05) is 48.2 Å². The third-order valence-electron chi connectivity index (χ3n) is 3.92. The van der Waals surface area contributed by atoms with E-state index < -0.39 is 5.82 Å². The highest BCUT2D eigenvalue weighted by molar-refractivity contribution is 7.99. The van der Waals surface area contributed by atoms with Crippen LogP contribution in [0.15, 0.2) is 71.1 Å². The molecule has 0 spiro atoms. The molecule has 4 nitrogen and oxygen atoms in total. The standard InChI is InChI=1S/C19H14FN3OS/c1-2-11-25-19-22-16-12-7-3-5-9-14(12)21-17(16)18(24)23(19)15-10-6-4-8-13(15)20/h2-10,21H,1,11H2. The summed E-state index contributed by atoms with van der Waals surface area (Å²) in [6.45, 7) is 3.70. The molecule has 6 heteroatoms.